The van der Waals surface area contributed by atoms with Crippen molar-refractivity contribution in [2.75, 3.05) is 4.72 Å². The lowest BCUT2D eigenvalue weighted by Crippen LogP contribution is -2.13. The molecular weight excluding hydrogens is 361 g/mol. The van der Waals surface area contributed by atoms with Crippen LogP contribution in [0, 0.1) is 15.9 Å². The molecule has 124 valence electrons. The van der Waals surface area contributed by atoms with Gasteiger partial charge in [-0.1, -0.05) is 11.6 Å². The fraction of sp³-hybridized carbons (Fsp3) is 0. The smallest absolute Gasteiger partial charge is 0.270 e. The number of anilines is 1. The van der Waals surface area contributed by atoms with E-state index in [1.165, 1.54) is 30.5 Å². The van der Waals surface area contributed by atoms with Gasteiger partial charge in [-0.25, -0.2) is 12.8 Å². The molecule has 7 nitrogen and oxygen atoms in total. The molecule has 24 heavy (non-hydrogen) atoms. The summed E-state index contributed by atoms with van der Waals surface area (Å²) in [5.74, 6) is -0.836. The summed E-state index contributed by atoms with van der Waals surface area (Å²) in [7, 11) is -4.16. The van der Waals surface area contributed by atoms with E-state index in [2.05, 4.69) is 9.71 Å². The predicted octanol–water partition coefficient (Wildman–Crippen LogP) is 3.67. The van der Waals surface area contributed by atoms with Crippen LogP contribution in [0.2, 0.25) is 5.02 Å². The van der Waals surface area contributed by atoms with Crippen LogP contribution >= 0.6 is 11.6 Å². The van der Waals surface area contributed by atoms with Crippen LogP contribution in [0.25, 0.3) is 10.9 Å². The molecule has 1 heterocycles. The molecular formula is C14H9ClFN3O4S. The van der Waals surface area contributed by atoms with E-state index in [1.54, 1.807) is 0 Å². The zero-order chi connectivity index (χ0) is 17.5. The Morgan fingerprint density at radius 1 is 1.21 bits per heavy atom. The Morgan fingerprint density at radius 3 is 2.62 bits per heavy atom. The number of sulfonamides is 1. The minimum atomic E-state index is -4.16. The van der Waals surface area contributed by atoms with Gasteiger partial charge in [0.05, 0.1) is 10.6 Å². The van der Waals surface area contributed by atoms with Crippen LogP contribution in [0.15, 0.2) is 47.5 Å². The molecule has 3 aromatic rings. The number of non-ortho nitro benzene ring substituents is 1. The fourth-order valence-corrected chi connectivity index (χ4v) is 3.59. The molecule has 0 unspecified atom stereocenters. The second kappa shape index (κ2) is 5.77. The standard InChI is InChI=1S/C14H9ClFN3O4S/c15-8-1-3-13(11(16)5-8)18-24(22,23)14-7-17-12-4-2-9(19(20)21)6-10(12)14/h1-7,17-18H. The third-order valence-electron chi connectivity index (χ3n) is 3.30. The summed E-state index contributed by atoms with van der Waals surface area (Å²) in [6.07, 6.45) is 1.19. The van der Waals surface area contributed by atoms with E-state index in [4.69, 9.17) is 11.6 Å². The number of rotatable bonds is 4. The van der Waals surface area contributed by atoms with E-state index >= 15 is 0 Å². The van der Waals surface area contributed by atoms with Gasteiger partial charge in [-0.15, -0.1) is 0 Å². The van der Waals surface area contributed by atoms with Crippen molar-refractivity contribution >= 4 is 43.9 Å². The summed E-state index contributed by atoms with van der Waals surface area (Å²) in [5.41, 5.74) is -0.132. The topological polar surface area (TPSA) is 105 Å². The number of nitro benzene ring substituents is 1. The van der Waals surface area contributed by atoms with Crippen LogP contribution < -0.4 is 4.72 Å². The molecule has 2 N–H and O–H groups in total. The van der Waals surface area contributed by atoms with Gasteiger partial charge in [-0.2, -0.15) is 0 Å². The summed E-state index contributed by atoms with van der Waals surface area (Å²) in [5, 5.41) is 11.1. The van der Waals surface area contributed by atoms with Gasteiger partial charge < -0.3 is 4.98 Å². The van der Waals surface area contributed by atoms with E-state index in [0.717, 1.165) is 12.1 Å². The number of nitrogens with one attached hydrogen (secondary N) is 2. The number of nitro groups is 1. The lowest BCUT2D eigenvalue weighted by Gasteiger charge is -2.08. The Kier molecular flexibility index (Phi) is 3.90. The lowest BCUT2D eigenvalue weighted by atomic mass is 10.2. The van der Waals surface area contributed by atoms with Gasteiger partial charge in [0.25, 0.3) is 15.7 Å². The van der Waals surface area contributed by atoms with Crippen molar-refractivity contribution in [2.45, 2.75) is 4.90 Å². The van der Waals surface area contributed by atoms with Crippen molar-refractivity contribution in [1.29, 1.82) is 0 Å². The number of hydrogen-bond acceptors (Lipinski definition) is 4. The fourth-order valence-electron chi connectivity index (χ4n) is 2.19. The van der Waals surface area contributed by atoms with E-state index in [1.807, 2.05) is 0 Å². The molecule has 0 aliphatic rings. The van der Waals surface area contributed by atoms with Gasteiger partial charge in [0.2, 0.25) is 0 Å². The summed E-state index contributed by atoms with van der Waals surface area (Å²) in [4.78, 5) is 12.7. The maximum Gasteiger partial charge on any atom is 0.270 e. The molecule has 0 saturated carbocycles. The molecule has 0 aliphatic carbocycles. The Labute approximate surface area is 140 Å². The average Bonchev–Trinajstić information content (AvgIpc) is 2.94. The lowest BCUT2D eigenvalue weighted by molar-refractivity contribution is -0.384. The second-order valence-corrected chi connectivity index (χ2v) is 6.96. The van der Waals surface area contributed by atoms with Crippen LogP contribution in [0.5, 0.6) is 0 Å². The average molecular weight is 370 g/mol. The zero-order valence-electron chi connectivity index (χ0n) is 11.8. The van der Waals surface area contributed by atoms with Gasteiger partial charge in [-0.05, 0) is 24.3 Å². The molecule has 0 aliphatic heterocycles. The van der Waals surface area contributed by atoms with E-state index in [9.17, 15) is 22.9 Å². The molecule has 3 rings (SSSR count). The van der Waals surface area contributed by atoms with Gasteiger partial charge in [-0.3, -0.25) is 14.8 Å². The van der Waals surface area contributed by atoms with E-state index < -0.39 is 20.8 Å². The number of aromatic amines is 1. The molecule has 0 fully saturated rings. The second-order valence-electron chi connectivity index (χ2n) is 4.87. The van der Waals surface area contributed by atoms with E-state index in [-0.39, 0.29) is 26.7 Å². The Bertz CT molecular complexity index is 1070. The molecule has 0 saturated heterocycles. The maximum atomic E-state index is 13.8. The maximum absolute atomic E-state index is 13.8. The molecule has 0 bridgehead atoms. The zero-order valence-corrected chi connectivity index (χ0v) is 13.4. The minimum absolute atomic E-state index is 0.123. The van der Waals surface area contributed by atoms with Crippen LogP contribution in [-0.2, 0) is 10.0 Å². The highest BCUT2D eigenvalue weighted by Gasteiger charge is 2.22. The van der Waals surface area contributed by atoms with Crippen molar-refractivity contribution in [2.24, 2.45) is 0 Å². The molecule has 2 aromatic carbocycles. The molecule has 1 aromatic heterocycles. The third kappa shape index (κ3) is 2.91. The first-order valence-corrected chi connectivity index (χ1v) is 8.37. The van der Waals surface area contributed by atoms with Crippen molar-refractivity contribution in [3.05, 3.63) is 63.5 Å². The number of nitrogens with zero attached hydrogens (tertiary/aromatic N) is 1. The predicted molar refractivity (Wildman–Crippen MR) is 87.2 cm³/mol. The number of aromatic nitrogens is 1. The van der Waals surface area contributed by atoms with Gasteiger partial charge in [0, 0.05) is 34.3 Å². The first-order chi connectivity index (χ1) is 11.3. The summed E-state index contributed by atoms with van der Waals surface area (Å²) >= 11 is 5.63. The minimum Gasteiger partial charge on any atom is -0.360 e. The van der Waals surface area contributed by atoms with Crippen molar-refractivity contribution in [3.8, 4) is 0 Å². The summed E-state index contributed by atoms with van der Waals surface area (Å²) in [6, 6.07) is 7.28. The van der Waals surface area contributed by atoms with Crippen LogP contribution in [0.1, 0.15) is 0 Å². The Balaban J connectivity index is 2.08. The SMILES string of the molecule is O=[N+]([O-])c1ccc2[nH]cc(S(=O)(=O)Nc3ccc(Cl)cc3F)c2c1. The van der Waals surface area contributed by atoms with Crippen molar-refractivity contribution in [3.63, 3.8) is 0 Å². The quantitative estimate of drug-likeness (QED) is 0.540. The first-order valence-electron chi connectivity index (χ1n) is 6.51. The number of benzene rings is 2. The molecule has 0 atom stereocenters. The summed E-state index contributed by atoms with van der Waals surface area (Å²) in [6.45, 7) is 0. The monoisotopic (exact) mass is 369 g/mol. The molecule has 0 spiro atoms. The van der Waals surface area contributed by atoms with Crippen LogP contribution in [0.4, 0.5) is 15.8 Å². The molecule has 0 amide bonds. The number of H-pyrrole nitrogens is 1. The Hall–Kier alpha value is -2.65. The third-order valence-corrected chi connectivity index (χ3v) is 4.94. The largest absolute Gasteiger partial charge is 0.360 e. The van der Waals surface area contributed by atoms with Crippen molar-refractivity contribution in [1.82, 2.24) is 4.98 Å². The normalized spacial score (nSPS) is 11.6. The van der Waals surface area contributed by atoms with Gasteiger partial charge >= 0.3 is 0 Å². The van der Waals surface area contributed by atoms with Gasteiger partial charge in [0.15, 0.2) is 0 Å². The highest BCUT2D eigenvalue weighted by Crippen LogP contribution is 2.29. The van der Waals surface area contributed by atoms with Crippen LogP contribution in [-0.4, -0.2) is 18.3 Å². The summed E-state index contributed by atoms with van der Waals surface area (Å²) < 4.78 is 40.9. The van der Waals surface area contributed by atoms with E-state index in [0.29, 0.717) is 5.52 Å². The van der Waals surface area contributed by atoms with Crippen LogP contribution in [0.3, 0.4) is 0 Å². The molecule has 0 radical (unpaired) electrons. The number of hydrogen-bond donors (Lipinski definition) is 2. The molecule has 10 heteroatoms. The number of fused-ring (bicyclic) bond motifs is 1. The van der Waals surface area contributed by atoms with Gasteiger partial charge in [0.1, 0.15) is 10.7 Å². The number of halogens is 2. The highest BCUT2D eigenvalue weighted by molar-refractivity contribution is 7.93. The Morgan fingerprint density at radius 2 is 1.96 bits per heavy atom. The van der Waals surface area contributed by atoms with Crippen molar-refractivity contribution < 1.29 is 17.7 Å². The first kappa shape index (κ1) is 16.2. The highest BCUT2D eigenvalue weighted by atomic mass is 35.5.